The number of carbonyl (C=O) groups excluding carboxylic acids is 2. The second kappa shape index (κ2) is 7.75. The quantitative estimate of drug-likeness (QED) is 0.751. The largest absolute Gasteiger partial charge is 0.472 e. The van der Waals surface area contributed by atoms with Crippen molar-refractivity contribution in [3.63, 3.8) is 0 Å². The van der Waals surface area contributed by atoms with E-state index in [2.05, 4.69) is 10.3 Å². The van der Waals surface area contributed by atoms with Gasteiger partial charge in [-0.3, -0.25) is 9.59 Å². The van der Waals surface area contributed by atoms with Gasteiger partial charge in [-0.05, 0) is 18.9 Å². The molecule has 3 heterocycles. The van der Waals surface area contributed by atoms with Gasteiger partial charge in [0.2, 0.25) is 0 Å². The average Bonchev–Trinajstić information content (AvgIpc) is 3.41. The van der Waals surface area contributed by atoms with E-state index in [0.717, 1.165) is 23.4 Å². The maximum Gasteiger partial charge on any atom is 0.270 e. The zero-order valence-corrected chi connectivity index (χ0v) is 15.4. The van der Waals surface area contributed by atoms with Crippen LogP contribution in [0.3, 0.4) is 0 Å². The van der Waals surface area contributed by atoms with Crippen LogP contribution in [0.1, 0.15) is 33.7 Å². The normalized spacial score (nSPS) is 14.9. The van der Waals surface area contributed by atoms with Crippen LogP contribution in [-0.2, 0) is 0 Å². The first-order valence-corrected chi connectivity index (χ1v) is 9.72. The van der Waals surface area contributed by atoms with Crippen molar-refractivity contribution >= 4 is 23.2 Å². The Morgan fingerprint density at radius 3 is 2.63 bits per heavy atom. The molecule has 0 aliphatic carbocycles. The van der Waals surface area contributed by atoms with Gasteiger partial charge in [-0.2, -0.15) is 0 Å². The molecule has 0 saturated carbocycles. The summed E-state index contributed by atoms with van der Waals surface area (Å²) >= 11 is 1.46. The fraction of sp³-hybridized carbons (Fsp3) is 0.250. The number of carbonyl (C=O) groups is 2. The number of thiazole rings is 1. The van der Waals surface area contributed by atoms with Gasteiger partial charge in [0, 0.05) is 30.1 Å². The lowest BCUT2D eigenvalue weighted by molar-refractivity contribution is 0.0697. The molecule has 1 saturated heterocycles. The van der Waals surface area contributed by atoms with Crippen molar-refractivity contribution in [2.24, 2.45) is 0 Å². The van der Waals surface area contributed by atoms with Gasteiger partial charge in [0.1, 0.15) is 17.0 Å². The van der Waals surface area contributed by atoms with Crippen LogP contribution < -0.4 is 5.32 Å². The number of furan rings is 1. The minimum absolute atomic E-state index is 0.0273. The molecule has 27 heavy (non-hydrogen) atoms. The number of piperidine rings is 1. The minimum atomic E-state index is -0.159. The molecular formula is C20H19N3O3S. The minimum Gasteiger partial charge on any atom is -0.472 e. The van der Waals surface area contributed by atoms with E-state index in [0.29, 0.717) is 24.3 Å². The van der Waals surface area contributed by atoms with Crippen molar-refractivity contribution in [1.82, 2.24) is 15.2 Å². The fourth-order valence-electron chi connectivity index (χ4n) is 3.15. The lowest BCUT2D eigenvalue weighted by Gasteiger charge is -2.32. The zero-order valence-electron chi connectivity index (χ0n) is 14.6. The highest BCUT2D eigenvalue weighted by Crippen LogP contribution is 2.23. The highest BCUT2D eigenvalue weighted by Gasteiger charge is 2.25. The van der Waals surface area contributed by atoms with E-state index in [-0.39, 0.29) is 17.9 Å². The third kappa shape index (κ3) is 3.93. The second-order valence-corrected chi connectivity index (χ2v) is 7.31. The molecule has 2 amide bonds. The highest BCUT2D eigenvalue weighted by atomic mass is 32.1. The molecule has 4 rings (SSSR count). The van der Waals surface area contributed by atoms with Crippen LogP contribution in [0, 0.1) is 0 Å². The molecule has 1 N–H and O–H groups in total. The third-order valence-corrected chi connectivity index (χ3v) is 5.53. The molecule has 0 radical (unpaired) electrons. The summed E-state index contributed by atoms with van der Waals surface area (Å²) in [6, 6.07) is 11.5. The van der Waals surface area contributed by atoms with E-state index in [1.807, 2.05) is 30.3 Å². The SMILES string of the molecule is O=C(NC1CCN(C(=O)c2ccoc2)CC1)c1csc(-c2ccccc2)n1. The third-order valence-electron chi connectivity index (χ3n) is 4.64. The number of aromatic nitrogens is 1. The molecule has 6 nitrogen and oxygen atoms in total. The first-order valence-electron chi connectivity index (χ1n) is 8.84. The van der Waals surface area contributed by atoms with E-state index >= 15 is 0 Å². The standard InChI is InChI=1S/C20H19N3O3S/c24-18(17-13-27-19(22-17)14-4-2-1-3-5-14)21-16-6-9-23(10-7-16)20(25)15-8-11-26-12-15/h1-5,8,11-13,16H,6-7,9-10H2,(H,21,24). The first kappa shape index (κ1) is 17.5. The van der Waals surface area contributed by atoms with Gasteiger partial charge in [0.15, 0.2) is 0 Å². The number of likely N-dealkylation sites (tertiary alicyclic amines) is 1. The molecule has 1 aliphatic heterocycles. The molecule has 1 aliphatic rings. The summed E-state index contributed by atoms with van der Waals surface area (Å²) in [4.78, 5) is 31.1. The molecule has 1 aromatic carbocycles. The van der Waals surface area contributed by atoms with Gasteiger partial charge in [-0.25, -0.2) is 4.98 Å². The lowest BCUT2D eigenvalue weighted by Crippen LogP contribution is -2.46. The number of amides is 2. The molecule has 1 fully saturated rings. The summed E-state index contributed by atoms with van der Waals surface area (Å²) in [6.07, 6.45) is 4.41. The van der Waals surface area contributed by atoms with Crippen LogP contribution in [0.25, 0.3) is 10.6 Å². The Labute approximate surface area is 160 Å². The van der Waals surface area contributed by atoms with Crippen LogP contribution in [0.15, 0.2) is 58.7 Å². The molecule has 7 heteroatoms. The van der Waals surface area contributed by atoms with Crippen molar-refractivity contribution in [1.29, 1.82) is 0 Å². The molecule has 2 aromatic heterocycles. The summed E-state index contributed by atoms with van der Waals surface area (Å²) in [5.74, 6) is -0.187. The number of hydrogen-bond donors (Lipinski definition) is 1. The molecule has 138 valence electrons. The van der Waals surface area contributed by atoms with Crippen molar-refractivity contribution < 1.29 is 14.0 Å². The smallest absolute Gasteiger partial charge is 0.270 e. The number of rotatable bonds is 4. The van der Waals surface area contributed by atoms with Crippen molar-refractivity contribution in [2.45, 2.75) is 18.9 Å². The second-order valence-electron chi connectivity index (χ2n) is 6.46. The van der Waals surface area contributed by atoms with E-state index in [1.54, 1.807) is 16.3 Å². The van der Waals surface area contributed by atoms with Gasteiger partial charge in [0.25, 0.3) is 11.8 Å². The average molecular weight is 381 g/mol. The molecule has 0 spiro atoms. The Hall–Kier alpha value is -2.93. The van der Waals surface area contributed by atoms with Gasteiger partial charge < -0.3 is 14.6 Å². The number of nitrogens with zero attached hydrogens (tertiary/aromatic N) is 2. The maximum atomic E-state index is 12.5. The van der Waals surface area contributed by atoms with Crippen molar-refractivity contribution in [3.05, 3.63) is 65.6 Å². The monoisotopic (exact) mass is 381 g/mol. The Balaban J connectivity index is 1.32. The Morgan fingerprint density at radius 2 is 1.93 bits per heavy atom. The molecule has 0 atom stereocenters. The van der Waals surface area contributed by atoms with Crippen LogP contribution in [0.4, 0.5) is 0 Å². The van der Waals surface area contributed by atoms with Gasteiger partial charge in [-0.1, -0.05) is 30.3 Å². The van der Waals surface area contributed by atoms with E-state index < -0.39 is 0 Å². The summed E-state index contributed by atoms with van der Waals surface area (Å²) in [7, 11) is 0. The predicted octanol–water partition coefficient (Wildman–Crippen LogP) is 3.44. The van der Waals surface area contributed by atoms with Crippen LogP contribution in [0.2, 0.25) is 0 Å². The summed E-state index contributed by atoms with van der Waals surface area (Å²) in [5.41, 5.74) is 2.01. The Morgan fingerprint density at radius 1 is 1.15 bits per heavy atom. The topological polar surface area (TPSA) is 75.4 Å². The predicted molar refractivity (Wildman–Crippen MR) is 103 cm³/mol. The van der Waals surface area contributed by atoms with Gasteiger partial charge >= 0.3 is 0 Å². The van der Waals surface area contributed by atoms with E-state index in [4.69, 9.17) is 4.42 Å². The summed E-state index contributed by atoms with van der Waals surface area (Å²) < 4.78 is 4.97. The Bertz CT molecular complexity index is 913. The number of nitrogens with one attached hydrogen (secondary N) is 1. The van der Waals surface area contributed by atoms with Crippen LogP contribution in [0.5, 0.6) is 0 Å². The fourth-order valence-corrected chi connectivity index (χ4v) is 3.95. The van der Waals surface area contributed by atoms with Crippen molar-refractivity contribution in [2.75, 3.05) is 13.1 Å². The highest BCUT2D eigenvalue weighted by molar-refractivity contribution is 7.13. The van der Waals surface area contributed by atoms with Crippen LogP contribution in [-0.4, -0.2) is 40.8 Å². The summed E-state index contributed by atoms with van der Waals surface area (Å²) in [5, 5.41) is 5.66. The van der Waals surface area contributed by atoms with E-state index in [9.17, 15) is 9.59 Å². The molecular weight excluding hydrogens is 362 g/mol. The molecule has 0 unspecified atom stereocenters. The van der Waals surface area contributed by atoms with Crippen LogP contribution >= 0.6 is 11.3 Å². The number of hydrogen-bond acceptors (Lipinski definition) is 5. The van der Waals surface area contributed by atoms with Crippen molar-refractivity contribution in [3.8, 4) is 10.6 Å². The van der Waals surface area contributed by atoms with Gasteiger partial charge in [-0.15, -0.1) is 11.3 Å². The number of benzene rings is 1. The molecule has 3 aromatic rings. The van der Waals surface area contributed by atoms with E-state index in [1.165, 1.54) is 23.9 Å². The summed E-state index contributed by atoms with van der Waals surface area (Å²) in [6.45, 7) is 1.22. The molecule has 0 bridgehead atoms. The first-order chi connectivity index (χ1) is 13.2. The Kier molecular flexibility index (Phi) is 5.02. The van der Waals surface area contributed by atoms with Gasteiger partial charge in [0.05, 0.1) is 11.8 Å². The zero-order chi connectivity index (χ0) is 18.6. The lowest BCUT2D eigenvalue weighted by atomic mass is 10.0. The maximum absolute atomic E-state index is 12.5.